The SMILES string of the molecule is Cc1ccc([C@@H]2c3cccn3CCN2C(=O)Nc2ccc3c(c2)OCO3)cc1. The van der Waals surface area contributed by atoms with Gasteiger partial charge >= 0.3 is 6.03 Å². The zero-order chi connectivity index (χ0) is 19.1. The molecule has 1 N–H and O–H groups in total. The number of benzene rings is 2. The van der Waals surface area contributed by atoms with Gasteiger partial charge in [0.25, 0.3) is 0 Å². The fourth-order valence-corrected chi connectivity index (χ4v) is 3.87. The molecule has 5 rings (SSSR count). The third-order valence-electron chi connectivity index (χ3n) is 5.32. The maximum Gasteiger partial charge on any atom is 0.322 e. The van der Waals surface area contributed by atoms with Crippen molar-refractivity contribution in [2.75, 3.05) is 18.7 Å². The molecule has 142 valence electrons. The first-order valence-corrected chi connectivity index (χ1v) is 9.38. The zero-order valence-corrected chi connectivity index (χ0v) is 15.6. The predicted octanol–water partition coefficient (Wildman–Crippen LogP) is 4.16. The number of nitrogens with one attached hydrogen (secondary N) is 1. The van der Waals surface area contributed by atoms with Crippen LogP contribution in [0.15, 0.2) is 60.8 Å². The van der Waals surface area contributed by atoms with Crippen molar-refractivity contribution in [2.45, 2.75) is 19.5 Å². The summed E-state index contributed by atoms with van der Waals surface area (Å²) in [6, 6.07) is 17.7. The van der Waals surface area contributed by atoms with Crippen LogP contribution in [0, 0.1) is 6.92 Å². The highest BCUT2D eigenvalue weighted by atomic mass is 16.7. The molecule has 0 saturated heterocycles. The van der Waals surface area contributed by atoms with Crippen molar-refractivity contribution in [1.29, 1.82) is 0 Å². The lowest BCUT2D eigenvalue weighted by molar-refractivity contribution is 0.174. The Morgan fingerprint density at radius 3 is 2.71 bits per heavy atom. The standard InChI is InChI=1S/C22H21N3O3/c1-15-4-6-16(7-5-15)21-18-3-2-10-24(18)11-12-25(21)22(26)23-17-8-9-19-20(13-17)28-14-27-19/h2-10,13,21H,11-12,14H2,1H3,(H,23,26)/t21-/m1/s1. The summed E-state index contributed by atoms with van der Waals surface area (Å²) in [6.07, 6.45) is 2.07. The van der Waals surface area contributed by atoms with Crippen LogP contribution in [0.4, 0.5) is 10.5 Å². The smallest absolute Gasteiger partial charge is 0.322 e. The molecule has 3 heterocycles. The normalized spacial score (nSPS) is 17.3. The Kier molecular flexibility index (Phi) is 3.97. The van der Waals surface area contributed by atoms with Gasteiger partial charge in [0, 0.05) is 36.7 Å². The molecule has 2 aliphatic rings. The minimum absolute atomic E-state index is 0.127. The second-order valence-corrected chi connectivity index (χ2v) is 7.13. The number of fused-ring (bicyclic) bond motifs is 2. The van der Waals surface area contributed by atoms with Crippen LogP contribution in [0.1, 0.15) is 22.9 Å². The lowest BCUT2D eigenvalue weighted by Crippen LogP contribution is -2.44. The van der Waals surface area contributed by atoms with Crippen LogP contribution in [-0.4, -0.2) is 28.8 Å². The van der Waals surface area contributed by atoms with Gasteiger partial charge < -0.3 is 24.3 Å². The summed E-state index contributed by atoms with van der Waals surface area (Å²) in [5.74, 6) is 1.35. The quantitative estimate of drug-likeness (QED) is 0.732. The fourth-order valence-electron chi connectivity index (χ4n) is 3.87. The van der Waals surface area contributed by atoms with Gasteiger partial charge in [0.15, 0.2) is 11.5 Å². The third kappa shape index (κ3) is 2.87. The molecule has 6 heteroatoms. The van der Waals surface area contributed by atoms with Crippen molar-refractivity contribution < 1.29 is 14.3 Å². The topological polar surface area (TPSA) is 55.7 Å². The molecule has 0 radical (unpaired) electrons. The van der Waals surface area contributed by atoms with Gasteiger partial charge in [-0.2, -0.15) is 0 Å². The lowest BCUT2D eigenvalue weighted by Gasteiger charge is -2.37. The summed E-state index contributed by atoms with van der Waals surface area (Å²) >= 11 is 0. The lowest BCUT2D eigenvalue weighted by atomic mass is 9.99. The number of aromatic nitrogens is 1. The Morgan fingerprint density at radius 1 is 1.04 bits per heavy atom. The molecular formula is C22H21N3O3. The monoisotopic (exact) mass is 375 g/mol. The van der Waals surface area contributed by atoms with E-state index in [-0.39, 0.29) is 18.9 Å². The molecule has 0 spiro atoms. The van der Waals surface area contributed by atoms with E-state index in [1.54, 1.807) is 6.07 Å². The molecule has 0 saturated carbocycles. The van der Waals surface area contributed by atoms with Gasteiger partial charge in [-0.3, -0.25) is 0 Å². The van der Waals surface area contributed by atoms with Crippen molar-refractivity contribution in [3.05, 3.63) is 77.6 Å². The Morgan fingerprint density at radius 2 is 1.86 bits per heavy atom. The fraction of sp³-hybridized carbons (Fsp3) is 0.227. The number of amides is 2. The van der Waals surface area contributed by atoms with Crippen LogP contribution < -0.4 is 14.8 Å². The van der Waals surface area contributed by atoms with Crippen molar-refractivity contribution in [1.82, 2.24) is 9.47 Å². The summed E-state index contributed by atoms with van der Waals surface area (Å²) in [6.45, 7) is 3.69. The number of aryl methyl sites for hydroxylation is 1. The minimum Gasteiger partial charge on any atom is -0.454 e. The maximum atomic E-state index is 13.2. The zero-order valence-electron chi connectivity index (χ0n) is 15.6. The second kappa shape index (κ2) is 6.64. The largest absolute Gasteiger partial charge is 0.454 e. The number of rotatable bonds is 2. The van der Waals surface area contributed by atoms with E-state index in [9.17, 15) is 4.79 Å². The highest BCUT2D eigenvalue weighted by Gasteiger charge is 2.32. The molecule has 1 atom stereocenters. The molecule has 2 aromatic carbocycles. The van der Waals surface area contributed by atoms with Crippen molar-refractivity contribution in [2.24, 2.45) is 0 Å². The second-order valence-electron chi connectivity index (χ2n) is 7.13. The van der Waals surface area contributed by atoms with E-state index < -0.39 is 0 Å². The van der Waals surface area contributed by atoms with Crippen molar-refractivity contribution >= 4 is 11.7 Å². The van der Waals surface area contributed by atoms with Crippen LogP contribution in [0.3, 0.4) is 0 Å². The highest BCUT2D eigenvalue weighted by Crippen LogP contribution is 2.36. The van der Waals surface area contributed by atoms with E-state index in [4.69, 9.17) is 9.47 Å². The Hall–Kier alpha value is -3.41. The van der Waals surface area contributed by atoms with Gasteiger partial charge in [0.1, 0.15) is 0 Å². The number of carbonyl (C=O) groups is 1. The summed E-state index contributed by atoms with van der Waals surface area (Å²) in [5.41, 5.74) is 4.12. The molecule has 3 aromatic rings. The first-order chi connectivity index (χ1) is 13.7. The summed E-state index contributed by atoms with van der Waals surface area (Å²) in [4.78, 5) is 15.1. The molecule has 28 heavy (non-hydrogen) atoms. The van der Waals surface area contributed by atoms with E-state index >= 15 is 0 Å². The van der Waals surface area contributed by atoms with Gasteiger partial charge in [-0.1, -0.05) is 29.8 Å². The third-order valence-corrected chi connectivity index (χ3v) is 5.32. The molecule has 0 aliphatic carbocycles. The van der Waals surface area contributed by atoms with Crippen molar-refractivity contribution in [3.63, 3.8) is 0 Å². The van der Waals surface area contributed by atoms with E-state index in [1.165, 1.54) is 5.56 Å². The highest BCUT2D eigenvalue weighted by molar-refractivity contribution is 5.90. The van der Waals surface area contributed by atoms with Crippen molar-refractivity contribution in [3.8, 4) is 11.5 Å². The minimum atomic E-state index is -0.128. The number of hydrogen-bond donors (Lipinski definition) is 1. The number of hydrogen-bond acceptors (Lipinski definition) is 3. The number of carbonyl (C=O) groups excluding carboxylic acids is 1. The van der Waals surface area contributed by atoms with Crippen LogP contribution in [-0.2, 0) is 6.54 Å². The Labute approximate surface area is 163 Å². The van der Waals surface area contributed by atoms with Crippen LogP contribution in [0.25, 0.3) is 0 Å². The Bertz CT molecular complexity index is 1030. The number of nitrogens with zero attached hydrogens (tertiary/aromatic N) is 2. The molecule has 1 aromatic heterocycles. The molecule has 2 aliphatic heterocycles. The molecule has 6 nitrogen and oxygen atoms in total. The molecule has 0 bridgehead atoms. The average molecular weight is 375 g/mol. The summed E-state index contributed by atoms with van der Waals surface area (Å²) < 4.78 is 13.0. The maximum absolute atomic E-state index is 13.2. The average Bonchev–Trinajstić information content (AvgIpc) is 3.36. The van der Waals surface area contributed by atoms with Crippen LogP contribution >= 0.6 is 0 Å². The molecular weight excluding hydrogens is 354 g/mol. The van der Waals surface area contributed by atoms with E-state index in [2.05, 4.69) is 53.3 Å². The number of urea groups is 1. The van der Waals surface area contributed by atoms with Crippen LogP contribution in [0.5, 0.6) is 11.5 Å². The molecule has 0 unspecified atom stereocenters. The first kappa shape index (κ1) is 16.7. The summed E-state index contributed by atoms with van der Waals surface area (Å²) in [5, 5.41) is 3.02. The summed E-state index contributed by atoms with van der Waals surface area (Å²) in [7, 11) is 0. The predicted molar refractivity (Wildman–Crippen MR) is 106 cm³/mol. The first-order valence-electron chi connectivity index (χ1n) is 9.38. The van der Waals surface area contributed by atoms with Crippen LogP contribution in [0.2, 0.25) is 0 Å². The molecule has 2 amide bonds. The van der Waals surface area contributed by atoms with Gasteiger partial charge in [-0.15, -0.1) is 0 Å². The van der Waals surface area contributed by atoms with E-state index in [0.717, 1.165) is 17.8 Å². The van der Waals surface area contributed by atoms with Gasteiger partial charge in [-0.05, 0) is 36.8 Å². The van der Waals surface area contributed by atoms with Gasteiger partial charge in [0.2, 0.25) is 6.79 Å². The van der Waals surface area contributed by atoms with Gasteiger partial charge in [0.05, 0.1) is 6.04 Å². The molecule has 0 fully saturated rings. The van der Waals surface area contributed by atoms with E-state index in [1.807, 2.05) is 23.1 Å². The number of ether oxygens (including phenoxy) is 2. The Balaban J connectivity index is 1.45. The number of anilines is 1. The van der Waals surface area contributed by atoms with Gasteiger partial charge in [-0.25, -0.2) is 4.79 Å². The van der Waals surface area contributed by atoms with E-state index in [0.29, 0.717) is 23.7 Å².